The van der Waals surface area contributed by atoms with Crippen molar-refractivity contribution in [2.75, 3.05) is 24.5 Å². The number of sulfonamides is 1. The molecule has 0 aliphatic rings. The number of carbonyl (C=O) groups excluding carboxylic acids is 2. The number of amides is 2. The fraction of sp³-hybridized carbons (Fsp3) is 0.333. The summed E-state index contributed by atoms with van der Waals surface area (Å²) in [7, 11) is -2.60. The van der Waals surface area contributed by atoms with Crippen LogP contribution in [0, 0.1) is 12.8 Å². The van der Waals surface area contributed by atoms with Crippen molar-refractivity contribution >= 4 is 39.1 Å². The molecule has 10 heteroatoms. The molecule has 1 N–H and O–H groups in total. The Balaban J connectivity index is 2.03. The number of rotatable bonds is 12. The molecule has 0 aliphatic heterocycles. The minimum absolute atomic E-state index is 0.0339. The van der Waals surface area contributed by atoms with Crippen LogP contribution in [0.1, 0.15) is 31.9 Å². The Labute approximate surface area is 241 Å². The summed E-state index contributed by atoms with van der Waals surface area (Å²) in [6, 6.07) is 19.1. The SMILES string of the molecule is COc1ccc(CN(C(=O)CN(c2cc(Cl)ccc2C)S(=O)(=O)c2ccccc2)C(C)C(=O)NCC(C)C)cc1. The molecular formula is C30H36ClN3O5S. The molecule has 0 aliphatic carbocycles. The van der Waals surface area contributed by atoms with Crippen LogP contribution in [0.25, 0.3) is 0 Å². The molecule has 1 atom stereocenters. The lowest BCUT2D eigenvalue weighted by Crippen LogP contribution is -2.51. The molecule has 0 bridgehead atoms. The Bertz CT molecular complexity index is 1410. The Hall–Kier alpha value is -3.56. The van der Waals surface area contributed by atoms with Gasteiger partial charge in [0.25, 0.3) is 10.0 Å². The average molecular weight is 586 g/mol. The summed E-state index contributed by atoms with van der Waals surface area (Å²) < 4.78 is 34.1. The lowest BCUT2D eigenvalue weighted by atomic mass is 10.1. The third-order valence-electron chi connectivity index (χ3n) is 6.41. The summed E-state index contributed by atoms with van der Waals surface area (Å²) in [5, 5.41) is 3.21. The number of ether oxygens (including phenoxy) is 1. The fourth-order valence-electron chi connectivity index (χ4n) is 4.05. The van der Waals surface area contributed by atoms with Gasteiger partial charge < -0.3 is 15.0 Å². The molecule has 8 nitrogen and oxygen atoms in total. The van der Waals surface area contributed by atoms with Gasteiger partial charge >= 0.3 is 0 Å². The molecule has 0 radical (unpaired) electrons. The standard InChI is InChI=1S/C30H36ClN3O5S/c1-21(2)18-32-30(36)23(4)33(19-24-12-15-26(39-5)16-13-24)29(35)20-34(28-17-25(31)14-11-22(28)3)40(37,38)27-9-7-6-8-10-27/h6-17,21,23H,18-20H2,1-5H3,(H,32,36). The van der Waals surface area contributed by atoms with E-state index in [1.54, 1.807) is 75.6 Å². The maximum Gasteiger partial charge on any atom is 0.264 e. The second kappa shape index (κ2) is 13.7. The fourth-order valence-corrected chi connectivity index (χ4v) is 5.70. The van der Waals surface area contributed by atoms with Gasteiger partial charge in [-0.1, -0.05) is 61.8 Å². The van der Waals surface area contributed by atoms with E-state index in [1.165, 1.54) is 23.1 Å². The molecule has 40 heavy (non-hydrogen) atoms. The van der Waals surface area contributed by atoms with Crippen LogP contribution in [-0.2, 0) is 26.2 Å². The van der Waals surface area contributed by atoms with Gasteiger partial charge in [-0.3, -0.25) is 13.9 Å². The quantitative estimate of drug-likeness (QED) is 0.321. The minimum atomic E-state index is -4.16. The van der Waals surface area contributed by atoms with Gasteiger partial charge in [0.05, 0.1) is 17.7 Å². The highest BCUT2D eigenvalue weighted by Crippen LogP contribution is 2.30. The molecule has 0 fully saturated rings. The summed E-state index contributed by atoms with van der Waals surface area (Å²) in [4.78, 5) is 28.5. The summed E-state index contributed by atoms with van der Waals surface area (Å²) in [5.41, 5.74) is 1.67. The van der Waals surface area contributed by atoms with E-state index in [9.17, 15) is 18.0 Å². The second-order valence-corrected chi connectivity index (χ2v) is 12.2. The van der Waals surface area contributed by atoms with Gasteiger partial charge in [-0.05, 0) is 67.3 Å². The van der Waals surface area contributed by atoms with E-state index in [-0.39, 0.29) is 29.0 Å². The molecule has 0 heterocycles. The Kier molecular flexibility index (Phi) is 10.6. The Morgan fingerprint density at radius 2 is 1.62 bits per heavy atom. The summed E-state index contributed by atoms with van der Waals surface area (Å²) in [6.45, 7) is 7.35. The highest BCUT2D eigenvalue weighted by molar-refractivity contribution is 7.92. The largest absolute Gasteiger partial charge is 0.497 e. The first-order valence-electron chi connectivity index (χ1n) is 13.0. The van der Waals surface area contributed by atoms with Crippen molar-refractivity contribution in [2.45, 2.75) is 45.2 Å². The predicted octanol–water partition coefficient (Wildman–Crippen LogP) is 5.04. The zero-order valence-corrected chi connectivity index (χ0v) is 25.0. The molecule has 214 valence electrons. The van der Waals surface area contributed by atoms with E-state index >= 15 is 0 Å². The van der Waals surface area contributed by atoms with Crippen LogP contribution < -0.4 is 14.4 Å². The van der Waals surface area contributed by atoms with Crippen molar-refractivity contribution in [3.05, 3.63) is 88.9 Å². The van der Waals surface area contributed by atoms with Gasteiger partial charge in [0, 0.05) is 18.1 Å². The van der Waals surface area contributed by atoms with Crippen molar-refractivity contribution in [2.24, 2.45) is 5.92 Å². The molecule has 0 saturated heterocycles. The number of nitrogens with zero attached hydrogens (tertiary/aromatic N) is 2. The van der Waals surface area contributed by atoms with Crippen LogP contribution >= 0.6 is 11.6 Å². The summed E-state index contributed by atoms with van der Waals surface area (Å²) in [6.07, 6.45) is 0. The van der Waals surface area contributed by atoms with Crippen LogP contribution in [0.5, 0.6) is 5.75 Å². The third-order valence-corrected chi connectivity index (χ3v) is 8.42. The van der Waals surface area contributed by atoms with E-state index in [1.807, 2.05) is 13.8 Å². The molecule has 0 aromatic heterocycles. The number of methoxy groups -OCH3 is 1. The predicted molar refractivity (Wildman–Crippen MR) is 158 cm³/mol. The first kappa shape index (κ1) is 31.0. The second-order valence-electron chi connectivity index (χ2n) is 9.94. The first-order chi connectivity index (χ1) is 18.9. The first-order valence-corrected chi connectivity index (χ1v) is 14.8. The van der Waals surface area contributed by atoms with Gasteiger partial charge in [-0.2, -0.15) is 0 Å². The van der Waals surface area contributed by atoms with E-state index in [0.29, 0.717) is 22.9 Å². The zero-order valence-electron chi connectivity index (χ0n) is 23.4. The lowest BCUT2D eigenvalue weighted by molar-refractivity contribution is -0.139. The third kappa shape index (κ3) is 7.76. The number of anilines is 1. The normalized spacial score (nSPS) is 12.1. The van der Waals surface area contributed by atoms with Crippen LogP contribution in [0.15, 0.2) is 77.7 Å². The number of hydrogen-bond donors (Lipinski definition) is 1. The molecule has 3 rings (SSSR count). The minimum Gasteiger partial charge on any atom is -0.497 e. The number of benzene rings is 3. The van der Waals surface area contributed by atoms with Crippen LogP contribution in [0.3, 0.4) is 0 Å². The molecule has 0 spiro atoms. The maximum absolute atomic E-state index is 14.0. The topological polar surface area (TPSA) is 96.0 Å². The van der Waals surface area contributed by atoms with Crippen LogP contribution in [0.2, 0.25) is 5.02 Å². The van der Waals surface area contributed by atoms with E-state index in [0.717, 1.165) is 9.87 Å². The lowest BCUT2D eigenvalue weighted by Gasteiger charge is -2.32. The average Bonchev–Trinajstić information content (AvgIpc) is 2.94. The molecule has 2 amide bonds. The van der Waals surface area contributed by atoms with Gasteiger partial charge in [-0.25, -0.2) is 8.42 Å². The van der Waals surface area contributed by atoms with Gasteiger partial charge in [0.1, 0.15) is 18.3 Å². The number of carbonyl (C=O) groups is 2. The van der Waals surface area contributed by atoms with E-state index in [4.69, 9.17) is 16.3 Å². The monoisotopic (exact) mass is 585 g/mol. The number of halogens is 1. The van der Waals surface area contributed by atoms with Crippen molar-refractivity contribution in [1.29, 1.82) is 0 Å². The Morgan fingerprint density at radius 3 is 2.23 bits per heavy atom. The maximum atomic E-state index is 14.0. The van der Waals surface area contributed by atoms with Crippen LogP contribution in [-0.4, -0.2) is 51.4 Å². The molecule has 3 aromatic rings. The number of nitrogens with one attached hydrogen (secondary N) is 1. The molecule has 1 unspecified atom stereocenters. The zero-order chi connectivity index (χ0) is 29.4. The highest BCUT2D eigenvalue weighted by atomic mass is 35.5. The molecular weight excluding hydrogens is 550 g/mol. The van der Waals surface area contributed by atoms with Gasteiger partial charge in [0.2, 0.25) is 11.8 Å². The van der Waals surface area contributed by atoms with Crippen molar-refractivity contribution < 1.29 is 22.7 Å². The van der Waals surface area contributed by atoms with Crippen molar-refractivity contribution in [3.63, 3.8) is 0 Å². The van der Waals surface area contributed by atoms with E-state index < -0.39 is 28.5 Å². The van der Waals surface area contributed by atoms with E-state index in [2.05, 4.69) is 5.32 Å². The van der Waals surface area contributed by atoms with Gasteiger partial charge in [0.15, 0.2) is 0 Å². The van der Waals surface area contributed by atoms with Crippen molar-refractivity contribution in [3.8, 4) is 5.75 Å². The highest BCUT2D eigenvalue weighted by Gasteiger charge is 2.33. The number of aryl methyl sites for hydroxylation is 1. The number of hydrogen-bond acceptors (Lipinski definition) is 5. The van der Waals surface area contributed by atoms with Crippen LogP contribution in [0.4, 0.5) is 5.69 Å². The molecule has 0 saturated carbocycles. The van der Waals surface area contributed by atoms with Gasteiger partial charge in [-0.15, -0.1) is 0 Å². The summed E-state index contributed by atoms with van der Waals surface area (Å²) >= 11 is 6.26. The smallest absolute Gasteiger partial charge is 0.264 e. The summed E-state index contributed by atoms with van der Waals surface area (Å²) in [5.74, 6) is 0.00831. The van der Waals surface area contributed by atoms with Crippen molar-refractivity contribution in [1.82, 2.24) is 10.2 Å². The molecule has 3 aromatic carbocycles. The Morgan fingerprint density at radius 1 is 0.975 bits per heavy atom.